The second kappa shape index (κ2) is 7.30. The molecule has 1 saturated heterocycles. The summed E-state index contributed by atoms with van der Waals surface area (Å²) in [5, 5.41) is 5.30. The van der Waals surface area contributed by atoms with Crippen molar-refractivity contribution < 1.29 is 28.8 Å². The van der Waals surface area contributed by atoms with Crippen molar-refractivity contribution in [1.82, 2.24) is 15.7 Å². The van der Waals surface area contributed by atoms with E-state index in [-0.39, 0.29) is 18.8 Å². The maximum absolute atomic E-state index is 11.8. The van der Waals surface area contributed by atoms with Gasteiger partial charge < -0.3 is 14.9 Å². The van der Waals surface area contributed by atoms with Gasteiger partial charge in [-0.15, -0.1) is 5.06 Å². The number of imide groups is 1. The van der Waals surface area contributed by atoms with Crippen molar-refractivity contribution in [2.24, 2.45) is 5.92 Å². The summed E-state index contributed by atoms with van der Waals surface area (Å²) in [4.78, 5) is 51.0. The number of nitrogens with one attached hydrogen (secondary N) is 2. The van der Waals surface area contributed by atoms with Crippen LogP contribution in [0.25, 0.3) is 0 Å². The molecule has 1 atom stereocenters. The van der Waals surface area contributed by atoms with Crippen molar-refractivity contribution in [3.8, 4) is 0 Å². The van der Waals surface area contributed by atoms with Crippen LogP contribution in [0.15, 0.2) is 0 Å². The molecule has 0 aliphatic carbocycles. The van der Waals surface area contributed by atoms with E-state index < -0.39 is 35.8 Å². The van der Waals surface area contributed by atoms with Gasteiger partial charge in [0.05, 0.1) is 0 Å². The van der Waals surface area contributed by atoms with Crippen LogP contribution in [0.1, 0.15) is 47.5 Å². The molecule has 23 heavy (non-hydrogen) atoms. The number of hydrogen-bond donors (Lipinski definition) is 2. The SMILES string of the molecule is CC(C)[C@@H](NC(=O)ON1C(=O)CCC1=O)NC(=O)OC(C)(C)C. The maximum Gasteiger partial charge on any atom is 0.433 e. The molecule has 0 bridgehead atoms. The zero-order chi connectivity index (χ0) is 17.8. The third-order valence-electron chi connectivity index (χ3n) is 2.79. The van der Waals surface area contributed by atoms with E-state index >= 15 is 0 Å². The molecule has 1 rings (SSSR count). The first kappa shape index (κ1) is 18.7. The summed E-state index contributed by atoms with van der Waals surface area (Å²) in [6.45, 7) is 8.65. The number of hydroxylamine groups is 2. The Hall–Kier alpha value is -2.32. The Morgan fingerprint density at radius 1 is 1.04 bits per heavy atom. The molecule has 4 amide bonds. The lowest BCUT2D eigenvalue weighted by atomic mass is 10.1. The van der Waals surface area contributed by atoms with Gasteiger partial charge in [-0.3, -0.25) is 14.9 Å². The summed E-state index contributed by atoms with van der Waals surface area (Å²) < 4.78 is 5.11. The molecule has 9 heteroatoms. The minimum absolute atomic E-state index is 0.00980. The van der Waals surface area contributed by atoms with Crippen LogP contribution >= 0.6 is 0 Å². The number of rotatable bonds is 4. The molecule has 130 valence electrons. The Kier molecular flexibility index (Phi) is 5.94. The zero-order valence-electron chi connectivity index (χ0n) is 14.0. The summed E-state index contributed by atoms with van der Waals surface area (Å²) in [6.07, 6.45) is -2.48. The van der Waals surface area contributed by atoms with Crippen molar-refractivity contribution in [1.29, 1.82) is 0 Å². The predicted octanol–water partition coefficient (Wildman–Crippen LogP) is 1.28. The summed E-state index contributed by atoms with van der Waals surface area (Å²) >= 11 is 0. The summed E-state index contributed by atoms with van der Waals surface area (Å²) in [5.74, 6) is -1.34. The Morgan fingerprint density at radius 3 is 1.96 bits per heavy atom. The minimum atomic E-state index is -1.01. The first-order valence-corrected chi connectivity index (χ1v) is 7.33. The molecule has 1 heterocycles. The third kappa shape index (κ3) is 6.13. The molecule has 2 N–H and O–H groups in total. The van der Waals surface area contributed by atoms with E-state index in [0.29, 0.717) is 5.06 Å². The van der Waals surface area contributed by atoms with Gasteiger partial charge in [-0.05, 0) is 26.7 Å². The first-order valence-electron chi connectivity index (χ1n) is 7.33. The van der Waals surface area contributed by atoms with E-state index in [9.17, 15) is 19.2 Å². The zero-order valence-corrected chi connectivity index (χ0v) is 14.0. The normalized spacial score (nSPS) is 16.3. The Balaban J connectivity index is 2.58. The van der Waals surface area contributed by atoms with Crippen molar-refractivity contribution in [2.45, 2.75) is 59.2 Å². The van der Waals surface area contributed by atoms with Gasteiger partial charge in [-0.2, -0.15) is 0 Å². The molecule has 1 aliphatic heterocycles. The molecule has 0 spiro atoms. The number of carbonyl (C=O) groups is 4. The van der Waals surface area contributed by atoms with Gasteiger partial charge in [-0.1, -0.05) is 13.8 Å². The summed E-state index contributed by atoms with van der Waals surface area (Å²) in [7, 11) is 0. The quantitative estimate of drug-likeness (QED) is 0.593. The number of nitrogens with zero attached hydrogens (tertiary/aromatic N) is 1. The van der Waals surface area contributed by atoms with Crippen LogP contribution in [0.5, 0.6) is 0 Å². The molecular weight excluding hydrogens is 306 g/mol. The van der Waals surface area contributed by atoms with Crippen molar-refractivity contribution in [3.63, 3.8) is 0 Å². The smallest absolute Gasteiger partial charge is 0.433 e. The van der Waals surface area contributed by atoms with Crippen LogP contribution < -0.4 is 10.6 Å². The fourth-order valence-electron chi connectivity index (χ4n) is 1.70. The molecule has 0 saturated carbocycles. The Bertz CT molecular complexity index is 481. The molecule has 0 aromatic rings. The van der Waals surface area contributed by atoms with E-state index in [1.165, 1.54) is 0 Å². The van der Waals surface area contributed by atoms with E-state index in [1.807, 2.05) is 0 Å². The molecule has 0 aromatic heterocycles. The maximum atomic E-state index is 11.8. The fourth-order valence-corrected chi connectivity index (χ4v) is 1.70. The Morgan fingerprint density at radius 2 is 1.52 bits per heavy atom. The highest BCUT2D eigenvalue weighted by molar-refractivity contribution is 6.01. The molecule has 0 radical (unpaired) electrons. The van der Waals surface area contributed by atoms with Crippen molar-refractivity contribution >= 4 is 24.0 Å². The lowest BCUT2D eigenvalue weighted by molar-refractivity contribution is -0.171. The molecule has 0 unspecified atom stereocenters. The van der Waals surface area contributed by atoms with Crippen LogP contribution in [0.3, 0.4) is 0 Å². The van der Waals surface area contributed by atoms with Gasteiger partial charge in [-0.25, -0.2) is 9.59 Å². The second-order valence-corrected chi connectivity index (χ2v) is 6.47. The van der Waals surface area contributed by atoms with E-state index in [4.69, 9.17) is 9.57 Å². The van der Waals surface area contributed by atoms with E-state index in [1.54, 1.807) is 34.6 Å². The fraction of sp³-hybridized carbons (Fsp3) is 0.714. The van der Waals surface area contributed by atoms with Crippen molar-refractivity contribution in [3.05, 3.63) is 0 Å². The van der Waals surface area contributed by atoms with Gasteiger partial charge >= 0.3 is 12.2 Å². The van der Waals surface area contributed by atoms with Gasteiger partial charge in [0, 0.05) is 12.8 Å². The molecule has 1 aliphatic rings. The van der Waals surface area contributed by atoms with Gasteiger partial charge in [0.15, 0.2) is 0 Å². The van der Waals surface area contributed by atoms with Crippen LogP contribution in [0.4, 0.5) is 9.59 Å². The number of amides is 4. The molecule has 1 fully saturated rings. The minimum Gasteiger partial charge on any atom is -0.444 e. The summed E-state index contributed by atoms with van der Waals surface area (Å²) in [5.41, 5.74) is -0.680. The number of hydrogen-bond acceptors (Lipinski definition) is 6. The average molecular weight is 329 g/mol. The number of carbonyl (C=O) groups excluding carboxylic acids is 4. The average Bonchev–Trinajstić information content (AvgIpc) is 2.67. The van der Waals surface area contributed by atoms with E-state index in [2.05, 4.69) is 10.6 Å². The van der Waals surface area contributed by atoms with Gasteiger partial charge in [0.1, 0.15) is 11.8 Å². The molecule has 9 nitrogen and oxygen atoms in total. The first-order chi connectivity index (χ1) is 10.5. The van der Waals surface area contributed by atoms with Gasteiger partial charge in [0.2, 0.25) is 0 Å². The lowest BCUT2D eigenvalue weighted by Gasteiger charge is -2.26. The van der Waals surface area contributed by atoms with Crippen LogP contribution in [0, 0.1) is 5.92 Å². The highest BCUT2D eigenvalue weighted by atomic mass is 16.7. The van der Waals surface area contributed by atoms with Crippen LogP contribution in [-0.2, 0) is 19.2 Å². The lowest BCUT2D eigenvalue weighted by Crippen LogP contribution is -2.53. The highest BCUT2D eigenvalue weighted by Gasteiger charge is 2.33. The third-order valence-corrected chi connectivity index (χ3v) is 2.79. The number of alkyl carbamates (subject to hydrolysis) is 1. The van der Waals surface area contributed by atoms with E-state index in [0.717, 1.165) is 0 Å². The number of ether oxygens (including phenoxy) is 1. The molecular formula is C14H23N3O6. The van der Waals surface area contributed by atoms with Crippen LogP contribution in [-0.4, -0.2) is 40.8 Å². The predicted molar refractivity (Wildman–Crippen MR) is 78.7 cm³/mol. The largest absolute Gasteiger partial charge is 0.444 e. The summed E-state index contributed by atoms with van der Waals surface area (Å²) in [6, 6.07) is 0. The topological polar surface area (TPSA) is 114 Å². The molecule has 0 aromatic carbocycles. The monoisotopic (exact) mass is 329 g/mol. The highest BCUT2D eigenvalue weighted by Crippen LogP contribution is 2.12. The standard InChI is InChI=1S/C14H23N3O6/c1-8(2)11(15-12(20)22-14(3,4)5)16-13(21)23-17-9(18)6-7-10(17)19/h8,11H,6-7H2,1-5H3,(H,15,20)(H,16,21)/t11-/m1/s1. The van der Waals surface area contributed by atoms with Crippen molar-refractivity contribution in [2.75, 3.05) is 0 Å². The Labute approximate surface area is 134 Å². The second-order valence-electron chi connectivity index (χ2n) is 6.47. The van der Waals surface area contributed by atoms with Crippen LogP contribution in [0.2, 0.25) is 0 Å². The van der Waals surface area contributed by atoms with Gasteiger partial charge in [0.25, 0.3) is 11.8 Å².